The molecule has 0 bridgehead atoms. The van der Waals surface area contributed by atoms with E-state index in [-0.39, 0.29) is 17.9 Å². The Hall–Kier alpha value is -2.74. The fourth-order valence-electron chi connectivity index (χ4n) is 3.26. The third-order valence-electron chi connectivity index (χ3n) is 4.81. The first-order valence-electron chi connectivity index (χ1n) is 9.35. The SMILES string of the molecule is Cc1ccc(-n2cc(C(=O)N3CCCCC3CNC(=O)CCN)nn2)cc1. The number of likely N-dealkylation sites (tertiary alicyclic amines) is 1. The number of amides is 2. The number of benzene rings is 1. The van der Waals surface area contributed by atoms with Crippen molar-refractivity contribution >= 4 is 11.8 Å². The van der Waals surface area contributed by atoms with Crippen LogP contribution in [0.3, 0.4) is 0 Å². The minimum atomic E-state index is -0.147. The Morgan fingerprint density at radius 1 is 1.26 bits per heavy atom. The maximum atomic E-state index is 13.0. The lowest BCUT2D eigenvalue weighted by molar-refractivity contribution is -0.121. The molecule has 1 aromatic heterocycles. The third-order valence-corrected chi connectivity index (χ3v) is 4.81. The molecule has 1 unspecified atom stereocenters. The average molecular weight is 370 g/mol. The Balaban J connectivity index is 1.69. The van der Waals surface area contributed by atoms with Crippen molar-refractivity contribution in [2.24, 2.45) is 5.73 Å². The number of hydrogen-bond donors (Lipinski definition) is 2. The standard InChI is InChI=1S/C19H26N6O2/c1-14-5-7-15(8-6-14)25-13-17(22-23-25)19(27)24-11-3-2-4-16(24)12-21-18(26)9-10-20/h5-8,13,16H,2-4,9-12,20H2,1H3,(H,21,26). The molecule has 3 N–H and O–H groups in total. The zero-order valence-electron chi connectivity index (χ0n) is 15.6. The molecule has 1 aliphatic heterocycles. The van der Waals surface area contributed by atoms with Gasteiger partial charge in [0.25, 0.3) is 5.91 Å². The molecule has 2 amide bonds. The Bertz CT molecular complexity index is 786. The highest BCUT2D eigenvalue weighted by atomic mass is 16.2. The molecule has 0 saturated carbocycles. The second kappa shape index (κ2) is 8.77. The van der Waals surface area contributed by atoms with Crippen LogP contribution in [0, 0.1) is 6.92 Å². The molecule has 8 nitrogen and oxygen atoms in total. The van der Waals surface area contributed by atoms with Gasteiger partial charge in [0.05, 0.1) is 11.9 Å². The summed E-state index contributed by atoms with van der Waals surface area (Å²) in [6.45, 7) is 3.44. The lowest BCUT2D eigenvalue weighted by Gasteiger charge is -2.35. The van der Waals surface area contributed by atoms with Crippen LogP contribution < -0.4 is 11.1 Å². The predicted octanol–water partition coefficient (Wildman–Crippen LogP) is 1.04. The molecular formula is C19H26N6O2. The number of nitrogens with one attached hydrogen (secondary N) is 1. The van der Waals surface area contributed by atoms with Crippen molar-refractivity contribution in [3.05, 3.63) is 41.7 Å². The van der Waals surface area contributed by atoms with Crippen LogP contribution >= 0.6 is 0 Å². The summed E-state index contributed by atoms with van der Waals surface area (Å²) in [7, 11) is 0. The van der Waals surface area contributed by atoms with E-state index >= 15 is 0 Å². The van der Waals surface area contributed by atoms with Gasteiger partial charge in [0.2, 0.25) is 5.91 Å². The summed E-state index contributed by atoms with van der Waals surface area (Å²) in [5.74, 6) is -0.230. The van der Waals surface area contributed by atoms with Gasteiger partial charge in [-0.3, -0.25) is 9.59 Å². The number of aryl methyl sites for hydroxylation is 1. The molecule has 144 valence electrons. The summed E-state index contributed by atoms with van der Waals surface area (Å²) in [4.78, 5) is 26.5. The molecule has 0 spiro atoms. The summed E-state index contributed by atoms with van der Waals surface area (Å²) in [5, 5.41) is 11.0. The Morgan fingerprint density at radius 3 is 2.78 bits per heavy atom. The van der Waals surface area contributed by atoms with Gasteiger partial charge in [0.1, 0.15) is 0 Å². The largest absolute Gasteiger partial charge is 0.354 e. The monoisotopic (exact) mass is 370 g/mol. The number of hydrogen-bond acceptors (Lipinski definition) is 5. The van der Waals surface area contributed by atoms with Crippen LogP contribution in [0.2, 0.25) is 0 Å². The summed E-state index contributed by atoms with van der Waals surface area (Å²) in [6, 6.07) is 7.83. The molecule has 1 aliphatic rings. The van der Waals surface area contributed by atoms with E-state index in [1.54, 1.807) is 15.8 Å². The summed E-state index contributed by atoms with van der Waals surface area (Å²) in [5.41, 5.74) is 7.73. The number of rotatable bonds is 6. The van der Waals surface area contributed by atoms with E-state index in [9.17, 15) is 9.59 Å². The second-order valence-corrected chi connectivity index (χ2v) is 6.87. The van der Waals surface area contributed by atoms with E-state index < -0.39 is 0 Å². The Morgan fingerprint density at radius 2 is 2.04 bits per heavy atom. The smallest absolute Gasteiger partial charge is 0.276 e. The summed E-state index contributed by atoms with van der Waals surface area (Å²) in [6.07, 6.45) is 4.81. The van der Waals surface area contributed by atoms with Gasteiger partial charge in [0, 0.05) is 32.1 Å². The van der Waals surface area contributed by atoms with E-state index in [4.69, 9.17) is 5.73 Å². The van der Waals surface area contributed by atoms with E-state index in [0.29, 0.717) is 31.7 Å². The van der Waals surface area contributed by atoms with Gasteiger partial charge in [-0.15, -0.1) is 5.10 Å². The molecule has 0 aliphatic carbocycles. The van der Waals surface area contributed by atoms with Gasteiger partial charge in [-0.25, -0.2) is 4.68 Å². The minimum absolute atomic E-state index is 0.0301. The maximum Gasteiger partial charge on any atom is 0.276 e. The fourth-order valence-corrected chi connectivity index (χ4v) is 3.26. The molecule has 0 radical (unpaired) electrons. The first-order chi connectivity index (χ1) is 13.1. The highest BCUT2D eigenvalue weighted by Gasteiger charge is 2.29. The Kier molecular flexibility index (Phi) is 6.18. The van der Waals surface area contributed by atoms with E-state index in [1.807, 2.05) is 31.2 Å². The number of carbonyl (C=O) groups excluding carboxylic acids is 2. The summed E-state index contributed by atoms with van der Waals surface area (Å²) >= 11 is 0. The molecular weight excluding hydrogens is 344 g/mol. The van der Waals surface area contributed by atoms with Crippen LogP contribution in [0.4, 0.5) is 0 Å². The number of carbonyl (C=O) groups is 2. The van der Waals surface area contributed by atoms with Gasteiger partial charge < -0.3 is 16.0 Å². The Labute approximate surface area is 158 Å². The van der Waals surface area contributed by atoms with Gasteiger partial charge in [-0.2, -0.15) is 0 Å². The average Bonchev–Trinajstić information content (AvgIpc) is 3.17. The van der Waals surface area contributed by atoms with Crippen molar-refractivity contribution in [2.45, 2.75) is 38.6 Å². The van der Waals surface area contributed by atoms with Crippen LogP contribution in [0.1, 0.15) is 41.7 Å². The minimum Gasteiger partial charge on any atom is -0.354 e. The molecule has 8 heteroatoms. The highest BCUT2D eigenvalue weighted by Crippen LogP contribution is 2.19. The van der Waals surface area contributed by atoms with Gasteiger partial charge in [-0.05, 0) is 38.3 Å². The highest BCUT2D eigenvalue weighted by molar-refractivity contribution is 5.92. The molecule has 1 aromatic carbocycles. The fraction of sp³-hybridized carbons (Fsp3) is 0.474. The van der Waals surface area contributed by atoms with Crippen molar-refractivity contribution in [2.75, 3.05) is 19.6 Å². The van der Waals surface area contributed by atoms with Crippen molar-refractivity contribution in [3.8, 4) is 5.69 Å². The molecule has 2 heterocycles. The van der Waals surface area contributed by atoms with E-state index in [2.05, 4.69) is 15.6 Å². The van der Waals surface area contributed by atoms with Crippen LogP contribution in [0.15, 0.2) is 30.5 Å². The van der Waals surface area contributed by atoms with Gasteiger partial charge in [0.15, 0.2) is 5.69 Å². The molecule has 3 rings (SSSR count). The van der Waals surface area contributed by atoms with Crippen molar-refractivity contribution in [1.82, 2.24) is 25.2 Å². The summed E-state index contributed by atoms with van der Waals surface area (Å²) < 4.78 is 1.61. The number of nitrogens with two attached hydrogens (primary N) is 1. The lowest BCUT2D eigenvalue weighted by atomic mass is 10.0. The van der Waals surface area contributed by atoms with Crippen molar-refractivity contribution in [1.29, 1.82) is 0 Å². The van der Waals surface area contributed by atoms with E-state index in [1.165, 1.54) is 0 Å². The molecule has 1 saturated heterocycles. The van der Waals surface area contributed by atoms with Gasteiger partial charge >= 0.3 is 0 Å². The normalized spacial score (nSPS) is 17.0. The number of nitrogens with zero attached hydrogens (tertiary/aromatic N) is 4. The van der Waals surface area contributed by atoms with E-state index in [0.717, 1.165) is 30.5 Å². The van der Waals surface area contributed by atoms with Crippen LogP contribution in [-0.2, 0) is 4.79 Å². The van der Waals surface area contributed by atoms with Crippen molar-refractivity contribution < 1.29 is 9.59 Å². The first kappa shape index (κ1) is 19.0. The van der Waals surface area contributed by atoms with Crippen LogP contribution in [-0.4, -0.2) is 57.4 Å². The quantitative estimate of drug-likeness (QED) is 0.790. The second-order valence-electron chi connectivity index (χ2n) is 6.87. The molecule has 27 heavy (non-hydrogen) atoms. The number of aromatic nitrogens is 3. The van der Waals surface area contributed by atoms with Gasteiger partial charge in [-0.1, -0.05) is 22.9 Å². The zero-order chi connectivity index (χ0) is 19.2. The predicted molar refractivity (Wildman–Crippen MR) is 101 cm³/mol. The zero-order valence-corrected chi connectivity index (χ0v) is 15.6. The lowest BCUT2D eigenvalue weighted by Crippen LogP contribution is -2.49. The third kappa shape index (κ3) is 4.71. The van der Waals surface area contributed by atoms with Crippen LogP contribution in [0.25, 0.3) is 5.69 Å². The first-order valence-corrected chi connectivity index (χ1v) is 9.35. The maximum absolute atomic E-state index is 13.0. The molecule has 2 aromatic rings. The number of piperidine rings is 1. The van der Waals surface area contributed by atoms with Crippen LogP contribution in [0.5, 0.6) is 0 Å². The topological polar surface area (TPSA) is 106 Å². The van der Waals surface area contributed by atoms with Crippen molar-refractivity contribution in [3.63, 3.8) is 0 Å². The molecule has 1 fully saturated rings. The molecule has 1 atom stereocenters.